The maximum absolute atomic E-state index is 15.2. The molecule has 2 aliphatic heterocycles. The number of ether oxygens (including phenoxy) is 2. The van der Waals surface area contributed by atoms with Crippen molar-refractivity contribution in [2.75, 3.05) is 37.1 Å². The van der Waals surface area contributed by atoms with Crippen molar-refractivity contribution in [3.05, 3.63) is 83.4 Å². The van der Waals surface area contributed by atoms with E-state index >= 15 is 4.39 Å². The van der Waals surface area contributed by atoms with Gasteiger partial charge in [-0.15, -0.1) is 0 Å². The van der Waals surface area contributed by atoms with Gasteiger partial charge in [0.1, 0.15) is 28.9 Å². The number of methoxy groups -OCH3 is 2. The molecule has 0 aromatic heterocycles. The van der Waals surface area contributed by atoms with Gasteiger partial charge in [-0.3, -0.25) is 4.79 Å². The number of benzene rings is 3. The van der Waals surface area contributed by atoms with Gasteiger partial charge in [0.25, 0.3) is 0 Å². The van der Waals surface area contributed by atoms with Gasteiger partial charge in [-0.05, 0) is 61.4 Å². The van der Waals surface area contributed by atoms with Gasteiger partial charge in [0, 0.05) is 30.3 Å². The summed E-state index contributed by atoms with van der Waals surface area (Å²) in [5.74, 6) is -1.37. The monoisotopic (exact) mass is 573 g/mol. The number of aliphatic imine (C=N–C) groups is 1. The first-order chi connectivity index (χ1) is 19.6. The molecule has 0 aliphatic carbocycles. The van der Waals surface area contributed by atoms with E-state index in [0.717, 1.165) is 17.8 Å². The summed E-state index contributed by atoms with van der Waals surface area (Å²) < 4.78 is 80.6. The Morgan fingerprint density at radius 3 is 2.34 bits per heavy atom. The second kappa shape index (κ2) is 11.4. The number of carbonyl (C=O) groups excluding carboxylic acids is 1. The van der Waals surface area contributed by atoms with E-state index in [-0.39, 0.29) is 35.3 Å². The first-order valence-electron chi connectivity index (χ1n) is 13.1. The van der Waals surface area contributed by atoms with Crippen molar-refractivity contribution in [3.63, 3.8) is 0 Å². The lowest BCUT2D eigenvalue weighted by Gasteiger charge is -2.43. The zero-order valence-corrected chi connectivity index (χ0v) is 22.4. The lowest BCUT2D eigenvalue weighted by Crippen LogP contribution is -2.46. The predicted octanol–water partition coefficient (Wildman–Crippen LogP) is 7.06. The third-order valence-corrected chi connectivity index (χ3v) is 7.57. The highest BCUT2D eigenvalue weighted by atomic mass is 19.4. The van der Waals surface area contributed by atoms with Crippen molar-refractivity contribution in [1.82, 2.24) is 0 Å². The Kier molecular flexibility index (Phi) is 7.88. The molecule has 2 aliphatic rings. The van der Waals surface area contributed by atoms with Gasteiger partial charge in [-0.25, -0.2) is 13.8 Å². The number of anilines is 2. The Hall–Kier alpha value is -4.15. The first kappa shape index (κ1) is 28.4. The highest BCUT2D eigenvalue weighted by Gasteiger charge is 2.41. The Bertz CT molecular complexity index is 1450. The Balaban J connectivity index is 1.62. The second-order valence-corrected chi connectivity index (χ2v) is 9.94. The smallest absolute Gasteiger partial charge is 0.416 e. The van der Waals surface area contributed by atoms with Gasteiger partial charge in [0.15, 0.2) is 0 Å². The van der Waals surface area contributed by atoms with Crippen LogP contribution in [0.4, 0.5) is 39.0 Å². The number of fused-ring (bicyclic) bond motifs is 1. The van der Waals surface area contributed by atoms with Crippen LogP contribution >= 0.6 is 0 Å². The Morgan fingerprint density at radius 1 is 1.00 bits per heavy atom. The van der Waals surface area contributed by atoms with E-state index in [2.05, 4.69) is 4.90 Å². The van der Waals surface area contributed by atoms with E-state index in [1.165, 1.54) is 44.6 Å². The van der Waals surface area contributed by atoms with Gasteiger partial charge in [-0.1, -0.05) is 12.1 Å². The fraction of sp³-hybridized carbons (Fsp3) is 0.333. The van der Waals surface area contributed by atoms with E-state index in [1.807, 2.05) is 0 Å². The summed E-state index contributed by atoms with van der Waals surface area (Å²) in [5.41, 5.74) is 0.389. The summed E-state index contributed by atoms with van der Waals surface area (Å²) in [7, 11) is 2.56. The molecular formula is C30H28F5N3O3. The molecule has 216 valence electrons. The molecule has 0 radical (unpaired) electrons. The number of esters is 1. The molecule has 11 heteroatoms. The Morgan fingerprint density at radius 2 is 1.71 bits per heavy atom. The minimum Gasteiger partial charge on any atom is -0.495 e. The molecule has 6 nitrogen and oxygen atoms in total. The SMILES string of the molecule is COC(=O)CC1c2cccc(F)c2N=C(C2CCN(c3ccc(F)cc3)CC2)N1c1cc(C(F)(F)F)ccc1OC. The zero-order valence-electron chi connectivity index (χ0n) is 22.4. The van der Waals surface area contributed by atoms with Crippen LogP contribution in [0, 0.1) is 17.6 Å². The molecule has 1 atom stereocenters. The van der Waals surface area contributed by atoms with Crippen molar-refractivity contribution in [2.24, 2.45) is 10.9 Å². The van der Waals surface area contributed by atoms with Crippen LogP contribution < -0.4 is 14.5 Å². The largest absolute Gasteiger partial charge is 0.495 e. The molecule has 1 saturated heterocycles. The van der Waals surface area contributed by atoms with E-state index in [4.69, 9.17) is 14.5 Å². The number of amidine groups is 1. The summed E-state index contributed by atoms with van der Waals surface area (Å²) in [6, 6.07) is 12.7. The number of carbonyl (C=O) groups is 1. The van der Waals surface area contributed by atoms with E-state index in [1.54, 1.807) is 23.1 Å². The van der Waals surface area contributed by atoms with Crippen molar-refractivity contribution >= 4 is 28.9 Å². The Labute approximate surface area is 234 Å². The van der Waals surface area contributed by atoms with Crippen LogP contribution in [0.25, 0.3) is 0 Å². The van der Waals surface area contributed by atoms with Crippen LogP contribution in [0.5, 0.6) is 5.75 Å². The molecule has 1 unspecified atom stereocenters. The van der Waals surface area contributed by atoms with Gasteiger partial charge in [0.2, 0.25) is 0 Å². The maximum Gasteiger partial charge on any atom is 0.416 e. The lowest BCUT2D eigenvalue weighted by atomic mass is 9.89. The molecule has 0 amide bonds. The summed E-state index contributed by atoms with van der Waals surface area (Å²) in [5, 5.41) is 0. The summed E-state index contributed by atoms with van der Waals surface area (Å²) >= 11 is 0. The molecule has 2 heterocycles. The number of hydrogen-bond acceptors (Lipinski definition) is 6. The molecular weight excluding hydrogens is 545 g/mol. The van der Waals surface area contributed by atoms with Crippen LogP contribution in [0.1, 0.15) is 36.4 Å². The van der Waals surface area contributed by atoms with Crippen molar-refractivity contribution < 1.29 is 36.2 Å². The number of piperidine rings is 1. The fourth-order valence-corrected chi connectivity index (χ4v) is 5.51. The minimum atomic E-state index is -4.64. The van der Waals surface area contributed by atoms with Gasteiger partial charge < -0.3 is 19.3 Å². The summed E-state index contributed by atoms with van der Waals surface area (Å²) in [6.07, 6.45) is -3.85. The maximum atomic E-state index is 15.2. The third-order valence-electron chi connectivity index (χ3n) is 7.57. The topological polar surface area (TPSA) is 54.4 Å². The second-order valence-electron chi connectivity index (χ2n) is 9.94. The van der Waals surface area contributed by atoms with E-state index in [0.29, 0.717) is 37.3 Å². The molecule has 41 heavy (non-hydrogen) atoms. The molecule has 0 spiro atoms. The normalized spacial score (nSPS) is 17.6. The molecule has 0 saturated carbocycles. The summed E-state index contributed by atoms with van der Waals surface area (Å²) in [4.78, 5) is 21.0. The number of hydrogen-bond donors (Lipinski definition) is 0. The fourth-order valence-electron chi connectivity index (χ4n) is 5.51. The number of halogens is 5. The van der Waals surface area contributed by atoms with Crippen molar-refractivity contribution in [3.8, 4) is 5.75 Å². The molecule has 3 aromatic carbocycles. The zero-order chi connectivity index (χ0) is 29.3. The van der Waals surface area contributed by atoms with Crippen molar-refractivity contribution in [2.45, 2.75) is 31.5 Å². The molecule has 5 rings (SSSR count). The average molecular weight is 574 g/mol. The molecule has 0 bridgehead atoms. The van der Waals surface area contributed by atoms with E-state index < -0.39 is 29.6 Å². The molecule has 1 fully saturated rings. The minimum absolute atomic E-state index is 0.0413. The average Bonchev–Trinajstić information content (AvgIpc) is 2.97. The third kappa shape index (κ3) is 5.71. The number of nitrogens with zero attached hydrogens (tertiary/aromatic N) is 3. The number of para-hydroxylation sites is 1. The van der Waals surface area contributed by atoms with Gasteiger partial charge in [0.05, 0.1) is 37.9 Å². The lowest BCUT2D eigenvalue weighted by molar-refractivity contribution is -0.141. The standard InChI is InChI=1S/C30H28F5N3O3/c1-40-26-11-6-19(30(33,34)35)16-25(26)38-24(17-27(39)41-2)22-4-3-5-23(32)28(22)36-29(38)18-12-14-37(15-13-18)21-9-7-20(31)8-10-21/h3-11,16,18,24H,12-15,17H2,1-2H3. The van der Waals surface area contributed by atoms with E-state index in [9.17, 15) is 22.4 Å². The predicted molar refractivity (Wildman–Crippen MR) is 145 cm³/mol. The highest BCUT2D eigenvalue weighted by Crippen LogP contribution is 2.47. The van der Waals surface area contributed by atoms with Crippen molar-refractivity contribution in [1.29, 1.82) is 0 Å². The number of alkyl halides is 3. The quantitative estimate of drug-likeness (QED) is 0.233. The first-order valence-corrected chi connectivity index (χ1v) is 13.1. The van der Waals surface area contributed by atoms with Crippen LogP contribution in [0.15, 0.2) is 65.7 Å². The van der Waals surface area contributed by atoms with Crippen LogP contribution in [-0.4, -0.2) is 39.1 Å². The van der Waals surface area contributed by atoms with Crippen LogP contribution in [-0.2, 0) is 15.7 Å². The molecule has 0 N–H and O–H groups in total. The van der Waals surface area contributed by atoms with Gasteiger partial charge >= 0.3 is 12.1 Å². The van der Waals surface area contributed by atoms with Gasteiger partial charge in [-0.2, -0.15) is 13.2 Å². The highest BCUT2D eigenvalue weighted by molar-refractivity contribution is 6.05. The van der Waals surface area contributed by atoms with Crippen LogP contribution in [0.2, 0.25) is 0 Å². The van der Waals surface area contributed by atoms with Crippen LogP contribution in [0.3, 0.4) is 0 Å². The number of rotatable bonds is 6. The molecule has 3 aromatic rings. The summed E-state index contributed by atoms with van der Waals surface area (Å²) in [6.45, 7) is 1.10.